The number of benzene rings is 2. The molecule has 0 aliphatic carbocycles. The lowest BCUT2D eigenvalue weighted by Gasteiger charge is -2.32. The van der Waals surface area contributed by atoms with Gasteiger partial charge in [0.2, 0.25) is 0 Å². The number of amides is 1. The summed E-state index contributed by atoms with van der Waals surface area (Å²) in [4.78, 5) is 30.2. The molecule has 1 amide bonds. The molecule has 1 unspecified atom stereocenters. The molecule has 0 radical (unpaired) electrons. The van der Waals surface area contributed by atoms with Crippen molar-refractivity contribution in [2.45, 2.75) is 32.8 Å². The van der Waals surface area contributed by atoms with E-state index >= 15 is 0 Å². The molecule has 0 bridgehead atoms. The highest BCUT2D eigenvalue weighted by Gasteiger charge is 2.31. The summed E-state index contributed by atoms with van der Waals surface area (Å²) in [7, 11) is 0. The Bertz CT molecular complexity index is 1180. The monoisotopic (exact) mass is 452 g/mol. The number of carboxylic acids is 1. The van der Waals surface area contributed by atoms with Crippen molar-refractivity contribution in [3.05, 3.63) is 59.2 Å². The number of carboxylic acid groups (broad SMARTS) is 1. The van der Waals surface area contributed by atoms with Crippen LogP contribution >= 0.6 is 11.6 Å². The summed E-state index contributed by atoms with van der Waals surface area (Å²) in [6.45, 7) is 4.50. The average molecular weight is 453 g/mol. The van der Waals surface area contributed by atoms with E-state index in [1.54, 1.807) is 17.9 Å². The fraction of sp³-hybridized carbons (Fsp3) is 0.320. The van der Waals surface area contributed by atoms with Crippen molar-refractivity contribution in [2.75, 3.05) is 13.1 Å². The van der Waals surface area contributed by atoms with Gasteiger partial charge in [-0.05, 0) is 61.6 Å². The van der Waals surface area contributed by atoms with Gasteiger partial charge in [-0.2, -0.15) is 0 Å². The molecule has 0 spiro atoms. The van der Waals surface area contributed by atoms with Crippen molar-refractivity contribution in [3.63, 3.8) is 0 Å². The Hall–Kier alpha value is -3.12. The van der Waals surface area contributed by atoms with Crippen LogP contribution in [0.25, 0.3) is 22.0 Å². The minimum atomic E-state index is -0.863. The van der Waals surface area contributed by atoms with E-state index in [2.05, 4.69) is 24.0 Å². The Morgan fingerprint density at radius 3 is 2.72 bits per heavy atom. The van der Waals surface area contributed by atoms with Gasteiger partial charge in [-0.3, -0.25) is 9.59 Å². The summed E-state index contributed by atoms with van der Waals surface area (Å²) >= 11 is 6.31. The van der Waals surface area contributed by atoms with Gasteiger partial charge in [-0.1, -0.05) is 35.9 Å². The molecule has 1 aromatic heterocycles. The second-order valence-corrected chi connectivity index (χ2v) is 8.60. The molecule has 1 N–H and O–H groups in total. The van der Waals surface area contributed by atoms with Gasteiger partial charge in [0, 0.05) is 24.5 Å². The molecule has 2 atom stereocenters. The zero-order valence-corrected chi connectivity index (χ0v) is 18.8. The number of halogens is 1. The van der Waals surface area contributed by atoms with Crippen LogP contribution in [0, 0.1) is 12.8 Å². The number of pyridine rings is 1. The summed E-state index contributed by atoms with van der Waals surface area (Å²) in [6, 6.07) is 15.5. The number of carbonyl (C=O) groups excluding carboxylic acids is 1. The Morgan fingerprint density at radius 1 is 1.19 bits per heavy atom. The van der Waals surface area contributed by atoms with Crippen molar-refractivity contribution in [1.29, 1.82) is 0 Å². The third kappa shape index (κ3) is 4.55. The number of rotatable bonds is 5. The fourth-order valence-corrected chi connectivity index (χ4v) is 4.44. The second-order valence-electron chi connectivity index (χ2n) is 8.21. The highest BCUT2D eigenvalue weighted by atomic mass is 35.5. The van der Waals surface area contributed by atoms with E-state index in [9.17, 15) is 14.7 Å². The number of aryl methyl sites for hydroxylation is 1. The van der Waals surface area contributed by atoms with Crippen LogP contribution in [-0.4, -0.2) is 46.1 Å². The molecule has 32 heavy (non-hydrogen) atoms. The van der Waals surface area contributed by atoms with Crippen molar-refractivity contribution in [3.8, 4) is 16.9 Å². The van der Waals surface area contributed by atoms with E-state index in [0.717, 1.165) is 22.1 Å². The zero-order valence-electron chi connectivity index (χ0n) is 18.0. The molecule has 4 rings (SSSR count). The van der Waals surface area contributed by atoms with Crippen LogP contribution in [0.5, 0.6) is 5.75 Å². The number of hydrogen-bond acceptors (Lipinski definition) is 4. The molecule has 166 valence electrons. The maximum absolute atomic E-state index is 12.8. The molecule has 2 heterocycles. The van der Waals surface area contributed by atoms with Gasteiger partial charge in [-0.25, -0.2) is 4.98 Å². The van der Waals surface area contributed by atoms with Gasteiger partial charge < -0.3 is 14.7 Å². The van der Waals surface area contributed by atoms with Gasteiger partial charge in [0.15, 0.2) is 6.10 Å². The van der Waals surface area contributed by atoms with E-state index < -0.39 is 18.0 Å². The summed E-state index contributed by atoms with van der Waals surface area (Å²) in [5, 5.41) is 10.6. The van der Waals surface area contributed by atoms with Gasteiger partial charge in [0.25, 0.3) is 5.91 Å². The average Bonchev–Trinajstić information content (AvgIpc) is 2.78. The molecule has 7 heteroatoms. The normalized spacial score (nSPS) is 17.2. The van der Waals surface area contributed by atoms with Crippen LogP contribution in [0.1, 0.15) is 25.3 Å². The predicted octanol–water partition coefficient (Wildman–Crippen LogP) is 4.95. The van der Waals surface area contributed by atoms with Crippen molar-refractivity contribution in [2.24, 2.45) is 5.92 Å². The van der Waals surface area contributed by atoms with Crippen LogP contribution in [0.2, 0.25) is 5.15 Å². The molecule has 1 fully saturated rings. The van der Waals surface area contributed by atoms with E-state index in [1.165, 1.54) is 0 Å². The van der Waals surface area contributed by atoms with Crippen LogP contribution in [0.15, 0.2) is 48.5 Å². The van der Waals surface area contributed by atoms with Crippen LogP contribution < -0.4 is 4.74 Å². The first-order valence-corrected chi connectivity index (χ1v) is 11.1. The topological polar surface area (TPSA) is 79.7 Å². The fourth-order valence-electron chi connectivity index (χ4n) is 4.24. The molecule has 3 aromatic rings. The number of carbonyl (C=O) groups is 2. The van der Waals surface area contributed by atoms with Gasteiger partial charge in [0.1, 0.15) is 10.9 Å². The summed E-state index contributed by atoms with van der Waals surface area (Å²) in [5.41, 5.74) is 3.88. The molecule has 6 nitrogen and oxygen atoms in total. The molecule has 0 saturated carbocycles. The van der Waals surface area contributed by atoms with E-state index in [1.807, 2.05) is 30.3 Å². The lowest BCUT2D eigenvalue weighted by molar-refractivity contribution is -0.147. The maximum atomic E-state index is 12.8. The Kier molecular flexibility index (Phi) is 6.33. The molecular formula is C25H25ClN2O4. The number of piperidine rings is 1. The minimum absolute atomic E-state index is 0.212. The number of likely N-dealkylation sites (tertiary alicyclic amines) is 1. The molecular weight excluding hydrogens is 428 g/mol. The van der Waals surface area contributed by atoms with Crippen LogP contribution in [-0.2, 0) is 9.59 Å². The SMILES string of the molecule is Cc1ccccc1-c1cc(Cl)nc2cc(OC(C)C(=O)N3CCC[C@H](C(=O)O)C3)ccc12. The standard InChI is InChI=1S/C25H25ClN2O4/c1-15-6-3-4-8-19(15)21-13-23(26)27-22-12-18(9-10-20(21)22)32-16(2)24(29)28-11-5-7-17(14-28)25(30)31/h3-4,6,8-10,12-13,16-17H,5,7,11,14H2,1-2H3,(H,30,31)/t16?,17-/m0/s1. The van der Waals surface area contributed by atoms with E-state index in [-0.39, 0.29) is 12.5 Å². The Balaban J connectivity index is 1.57. The first kappa shape index (κ1) is 22.1. The Morgan fingerprint density at radius 2 is 1.97 bits per heavy atom. The number of aromatic nitrogens is 1. The number of fused-ring (bicyclic) bond motifs is 1. The lowest BCUT2D eigenvalue weighted by atomic mass is 9.97. The third-order valence-corrected chi connectivity index (χ3v) is 6.12. The van der Waals surface area contributed by atoms with Gasteiger partial charge in [0.05, 0.1) is 11.4 Å². The highest BCUT2D eigenvalue weighted by molar-refractivity contribution is 6.30. The molecule has 2 aromatic carbocycles. The predicted molar refractivity (Wildman–Crippen MR) is 124 cm³/mol. The molecule has 1 aliphatic heterocycles. The van der Waals surface area contributed by atoms with E-state index in [4.69, 9.17) is 16.3 Å². The van der Waals surface area contributed by atoms with E-state index in [0.29, 0.717) is 35.8 Å². The lowest BCUT2D eigenvalue weighted by Crippen LogP contribution is -2.47. The zero-order chi connectivity index (χ0) is 22.8. The number of ether oxygens (including phenoxy) is 1. The number of nitrogens with zero attached hydrogens (tertiary/aromatic N) is 2. The summed E-state index contributed by atoms with van der Waals surface area (Å²) in [5.74, 6) is -1.09. The smallest absolute Gasteiger partial charge is 0.308 e. The molecule has 1 saturated heterocycles. The highest BCUT2D eigenvalue weighted by Crippen LogP contribution is 2.34. The van der Waals surface area contributed by atoms with Crippen LogP contribution in [0.3, 0.4) is 0 Å². The largest absolute Gasteiger partial charge is 0.481 e. The number of hydrogen-bond donors (Lipinski definition) is 1. The van der Waals surface area contributed by atoms with Gasteiger partial charge in [-0.15, -0.1) is 0 Å². The first-order valence-electron chi connectivity index (χ1n) is 10.7. The Labute approximate surface area is 191 Å². The minimum Gasteiger partial charge on any atom is -0.481 e. The van der Waals surface area contributed by atoms with Gasteiger partial charge >= 0.3 is 5.97 Å². The first-order chi connectivity index (χ1) is 15.3. The summed E-state index contributed by atoms with van der Waals surface area (Å²) < 4.78 is 5.92. The molecule has 1 aliphatic rings. The third-order valence-electron chi connectivity index (χ3n) is 5.93. The second kappa shape index (κ2) is 9.17. The van der Waals surface area contributed by atoms with Crippen LogP contribution in [0.4, 0.5) is 0 Å². The van der Waals surface area contributed by atoms with Crippen molar-refractivity contribution >= 4 is 34.4 Å². The van der Waals surface area contributed by atoms with Crippen molar-refractivity contribution < 1.29 is 19.4 Å². The summed E-state index contributed by atoms with van der Waals surface area (Å²) in [6.07, 6.45) is 0.527. The number of aliphatic carboxylic acids is 1. The van der Waals surface area contributed by atoms with Crippen molar-refractivity contribution in [1.82, 2.24) is 9.88 Å². The quantitative estimate of drug-likeness (QED) is 0.554. The maximum Gasteiger partial charge on any atom is 0.308 e.